The molecule has 114 valence electrons. The number of nitrogens with one attached hydrogen (secondary N) is 2. The van der Waals surface area contributed by atoms with Crippen molar-refractivity contribution in [3.63, 3.8) is 0 Å². The molecule has 0 aliphatic carbocycles. The molecule has 0 saturated heterocycles. The third-order valence-corrected chi connectivity index (χ3v) is 4.89. The highest BCUT2D eigenvalue weighted by molar-refractivity contribution is 7.19. The second kappa shape index (κ2) is 7.05. The zero-order valence-electron chi connectivity index (χ0n) is 13.1. The van der Waals surface area contributed by atoms with Crippen molar-refractivity contribution >= 4 is 27.3 Å². The molecule has 0 aliphatic heterocycles. The van der Waals surface area contributed by atoms with E-state index in [1.807, 2.05) is 0 Å². The van der Waals surface area contributed by atoms with Crippen LogP contribution < -0.4 is 10.6 Å². The molecule has 1 heterocycles. The van der Waals surface area contributed by atoms with Gasteiger partial charge in [-0.25, -0.2) is 0 Å². The van der Waals surface area contributed by atoms with Crippen molar-refractivity contribution in [2.45, 2.75) is 39.3 Å². The van der Waals surface area contributed by atoms with E-state index in [9.17, 15) is 4.79 Å². The summed E-state index contributed by atoms with van der Waals surface area (Å²) in [7, 11) is 1.70. The van der Waals surface area contributed by atoms with Gasteiger partial charge in [0.25, 0.3) is 0 Å². The summed E-state index contributed by atoms with van der Waals surface area (Å²) in [5, 5.41) is 7.50. The van der Waals surface area contributed by atoms with Crippen LogP contribution in [0, 0.1) is 5.92 Å². The number of rotatable bonds is 6. The van der Waals surface area contributed by atoms with Crippen LogP contribution in [0.25, 0.3) is 10.1 Å². The zero-order valence-corrected chi connectivity index (χ0v) is 14.0. The highest BCUT2D eigenvalue weighted by atomic mass is 32.1. The Bertz CT molecular complexity index is 573. The highest BCUT2D eigenvalue weighted by Crippen LogP contribution is 2.30. The van der Waals surface area contributed by atoms with Crippen molar-refractivity contribution in [1.29, 1.82) is 0 Å². The van der Waals surface area contributed by atoms with Crippen molar-refractivity contribution < 1.29 is 4.79 Å². The minimum Gasteiger partial charge on any atom is -0.358 e. The predicted molar refractivity (Wildman–Crippen MR) is 90.7 cm³/mol. The molecule has 21 heavy (non-hydrogen) atoms. The van der Waals surface area contributed by atoms with E-state index in [2.05, 4.69) is 61.7 Å². The third kappa shape index (κ3) is 4.05. The van der Waals surface area contributed by atoms with Crippen LogP contribution in [0.2, 0.25) is 0 Å². The summed E-state index contributed by atoms with van der Waals surface area (Å²) < 4.78 is 1.29. The Morgan fingerprint density at radius 2 is 1.95 bits per heavy atom. The summed E-state index contributed by atoms with van der Waals surface area (Å²) >= 11 is 1.79. The van der Waals surface area contributed by atoms with Crippen LogP contribution >= 0.6 is 11.3 Å². The van der Waals surface area contributed by atoms with Gasteiger partial charge in [-0.2, -0.15) is 0 Å². The standard InChI is InChI=1S/C17H24N2OS/c1-11(2)9-14(17(20)18-4)19-12(3)16-10-13-7-5-6-8-15(13)21-16/h5-8,10-12,14,19H,9H2,1-4H3,(H,18,20). The number of benzene rings is 1. The molecule has 0 fully saturated rings. The molecule has 0 aliphatic rings. The van der Waals surface area contributed by atoms with E-state index in [1.165, 1.54) is 15.0 Å². The van der Waals surface area contributed by atoms with E-state index >= 15 is 0 Å². The van der Waals surface area contributed by atoms with E-state index < -0.39 is 0 Å². The van der Waals surface area contributed by atoms with Gasteiger partial charge >= 0.3 is 0 Å². The summed E-state index contributed by atoms with van der Waals surface area (Å²) in [5.74, 6) is 0.547. The molecule has 2 rings (SSSR count). The summed E-state index contributed by atoms with van der Waals surface area (Å²) in [5.41, 5.74) is 0. The molecule has 2 atom stereocenters. The Morgan fingerprint density at radius 1 is 1.24 bits per heavy atom. The molecular formula is C17H24N2OS. The van der Waals surface area contributed by atoms with Gasteiger partial charge in [-0.15, -0.1) is 11.3 Å². The fourth-order valence-electron chi connectivity index (χ4n) is 2.50. The average molecular weight is 304 g/mol. The molecule has 3 nitrogen and oxygen atoms in total. The Balaban J connectivity index is 2.13. The average Bonchev–Trinajstić information content (AvgIpc) is 2.89. The first-order valence-corrected chi connectivity index (χ1v) is 8.29. The van der Waals surface area contributed by atoms with Crippen LogP contribution in [-0.4, -0.2) is 19.0 Å². The number of hydrogen-bond acceptors (Lipinski definition) is 3. The van der Waals surface area contributed by atoms with E-state index in [0.29, 0.717) is 5.92 Å². The lowest BCUT2D eigenvalue weighted by molar-refractivity contribution is -0.123. The van der Waals surface area contributed by atoms with Gasteiger partial charge in [-0.3, -0.25) is 10.1 Å². The minimum atomic E-state index is -0.143. The molecule has 1 aromatic heterocycles. The SMILES string of the molecule is CNC(=O)C(CC(C)C)NC(C)c1cc2ccccc2s1. The van der Waals surface area contributed by atoms with Crippen LogP contribution in [0.3, 0.4) is 0 Å². The van der Waals surface area contributed by atoms with Crippen molar-refractivity contribution in [2.75, 3.05) is 7.05 Å². The van der Waals surface area contributed by atoms with Crippen LogP contribution in [0.1, 0.15) is 38.1 Å². The largest absolute Gasteiger partial charge is 0.358 e. The van der Waals surface area contributed by atoms with Crippen molar-refractivity contribution in [3.05, 3.63) is 35.2 Å². The van der Waals surface area contributed by atoms with Crippen molar-refractivity contribution in [3.8, 4) is 0 Å². The van der Waals surface area contributed by atoms with E-state index in [0.717, 1.165) is 6.42 Å². The number of thiophene rings is 1. The zero-order chi connectivity index (χ0) is 15.4. The fraction of sp³-hybridized carbons (Fsp3) is 0.471. The lowest BCUT2D eigenvalue weighted by Gasteiger charge is -2.23. The summed E-state index contributed by atoms with van der Waals surface area (Å²) in [6.45, 7) is 6.41. The third-order valence-electron chi connectivity index (χ3n) is 3.59. The maximum Gasteiger partial charge on any atom is 0.236 e. The molecular weight excluding hydrogens is 280 g/mol. The minimum absolute atomic E-state index is 0.0664. The number of amides is 1. The van der Waals surface area contributed by atoms with Crippen LogP contribution in [0.15, 0.2) is 30.3 Å². The van der Waals surface area contributed by atoms with E-state index in [4.69, 9.17) is 0 Å². The first kappa shape index (κ1) is 16.0. The molecule has 2 unspecified atom stereocenters. The lowest BCUT2D eigenvalue weighted by Crippen LogP contribution is -2.44. The molecule has 2 N–H and O–H groups in total. The molecule has 0 bridgehead atoms. The van der Waals surface area contributed by atoms with Gasteiger partial charge in [-0.05, 0) is 36.8 Å². The molecule has 1 amide bonds. The van der Waals surface area contributed by atoms with Gasteiger partial charge < -0.3 is 5.32 Å². The smallest absolute Gasteiger partial charge is 0.236 e. The predicted octanol–water partition coefficient (Wildman–Crippen LogP) is 3.71. The van der Waals surface area contributed by atoms with Crippen molar-refractivity contribution in [2.24, 2.45) is 5.92 Å². The molecule has 1 aromatic carbocycles. The molecule has 0 saturated carbocycles. The van der Waals surface area contributed by atoms with Crippen LogP contribution in [-0.2, 0) is 4.79 Å². The monoisotopic (exact) mass is 304 g/mol. The van der Waals surface area contributed by atoms with Gasteiger partial charge in [0.1, 0.15) is 0 Å². The number of carbonyl (C=O) groups is 1. The number of likely N-dealkylation sites (N-methyl/N-ethyl adjacent to an activating group) is 1. The Morgan fingerprint density at radius 3 is 2.57 bits per heavy atom. The van der Waals surface area contributed by atoms with Gasteiger partial charge in [0.05, 0.1) is 6.04 Å². The maximum atomic E-state index is 12.0. The van der Waals surface area contributed by atoms with Crippen LogP contribution in [0.4, 0.5) is 0 Å². The van der Waals surface area contributed by atoms with Gasteiger partial charge in [0.2, 0.25) is 5.91 Å². The van der Waals surface area contributed by atoms with E-state index in [1.54, 1.807) is 18.4 Å². The second-order valence-corrected chi connectivity index (χ2v) is 6.99. The summed E-state index contributed by atoms with van der Waals surface area (Å²) in [6, 6.07) is 10.6. The number of hydrogen-bond donors (Lipinski definition) is 2. The Labute approximate surface area is 130 Å². The lowest BCUT2D eigenvalue weighted by atomic mass is 10.0. The van der Waals surface area contributed by atoms with E-state index in [-0.39, 0.29) is 18.0 Å². The number of carbonyl (C=O) groups excluding carboxylic acids is 1. The Kier molecular flexibility index (Phi) is 5.37. The summed E-state index contributed by atoms with van der Waals surface area (Å²) in [4.78, 5) is 13.3. The van der Waals surface area contributed by atoms with Gasteiger partial charge in [0.15, 0.2) is 0 Å². The maximum absolute atomic E-state index is 12.0. The molecule has 0 spiro atoms. The van der Waals surface area contributed by atoms with Gasteiger partial charge in [0, 0.05) is 22.7 Å². The quantitative estimate of drug-likeness (QED) is 0.854. The topological polar surface area (TPSA) is 41.1 Å². The Hall–Kier alpha value is -1.39. The highest BCUT2D eigenvalue weighted by Gasteiger charge is 2.21. The van der Waals surface area contributed by atoms with Gasteiger partial charge in [-0.1, -0.05) is 32.0 Å². The molecule has 4 heteroatoms. The van der Waals surface area contributed by atoms with Crippen molar-refractivity contribution in [1.82, 2.24) is 10.6 Å². The first-order valence-electron chi connectivity index (χ1n) is 7.47. The van der Waals surface area contributed by atoms with Crippen LogP contribution in [0.5, 0.6) is 0 Å². The first-order chi connectivity index (χ1) is 10.0. The summed E-state index contributed by atoms with van der Waals surface area (Å²) in [6.07, 6.45) is 0.842. The normalized spacial score (nSPS) is 14.3. The molecule has 2 aromatic rings. The second-order valence-electron chi connectivity index (χ2n) is 5.87. The number of fused-ring (bicyclic) bond motifs is 1. The fourth-order valence-corrected chi connectivity index (χ4v) is 3.57. The molecule has 0 radical (unpaired) electrons.